The number of urea groups is 1. The number of piperidine rings is 2. The molecule has 11 nitrogen and oxygen atoms in total. The van der Waals surface area contributed by atoms with Crippen molar-refractivity contribution in [3.05, 3.63) is 58.6 Å². The third-order valence-corrected chi connectivity index (χ3v) is 10.0. The van der Waals surface area contributed by atoms with Crippen LogP contribution in [0.3, 0.4) is 0 Å². The third-order valence-electron chi connectivity index (χ3n) is 9.71. The molecule has 4 amide bonds. The lowest BCUT2D eigenvalue weighted by atomic mass is 10.0. The number of phenols is 1. The number of carbonyl (C=O) groups excluding carboxylic acids is 3. The Morgan fingerprint density at radius 1 is 0.911 bits per heavy atom. The molecule has 0 radical (unpaired) electrons. The van der Waals surface area contributed by atoms with E-state index in [9.17, 15) is 19.5 Å². The number of hydrogen-bond acceptors (Lipinski definition) is 7. The average molecular weight is 639 g/mol. The molecule has 1 unspecified atom stereocenters. The van der Waals surface area contributed by atoms with E-state index in [0.717, 1.165) is 56.7 Å². The monoisotopic (exact) mass is 638 g/mol. The molecule has 0 aromatic heterocycles. The van der Waals surface area contributed by atoms with Crippen LogP contribution in [0.1, 0.15) is 36.8 Å². The van der Waals surface area contributed by atoms with Gasteiger partial charge in [0, 0.05) is 70.0 Å². The summed E-state index contributed by atoms with van der Waals surface area (Å²) in [5.41, 5.74) is 2.67. The summed E-state index contributed by atoms with van der Waals surface area (Å²) in [4.78, 5) is 48.1. The highest BCUT2D eigenvalue weighted by atomic mass is 35.5. The van der Waals surface area contributed by atoms with Crippen molar-refractivity contribution >= 4 is 35.3 Å². The van der Waals surface area contributed by atoms with Gasteiger partial charge in [0.25, 0.3) is 5.91 Å². The largest absolute Gasteiger partial charge is 0.506 e. The molecule has 4 aliphatic rings. The second-order valence-corrected chi connectivity index (χ2v) is 12.9. The fraction of sp³-hybridized carbons (Fsp3) is 0.545. The number of halogens is 1. The second kappa shape index (κ2) is 14.3. The SMILES string of the molecule is O=C(OC(Cc1ccc(O)c(Cl)c1)C(=O)N1CCN(C2CCNCC2)CC1)N1CCC(N2CCc3ccccc3NC2=O)CC1. The number of carbonyl (C=O) groups is 3. The van der Waals surface area contributed by atoms with Gasteiger partial charge in [0.05, 0.1) is 5.02 Å². The fourth-order valence-corrected chi connectivity index (χ4v) is 7.25. The number of rotatable bonds is 6. The number of likely N-dealkylation sites (tertiary alicyclic amines) is 1. The standard InChI is InChI=1S/C33H43ClN6O5/c34-27-21-23(5-6-29(27)41)22-30(31(42)38-19-17-37(18-20-38)25-7-12-35-13-8-25)45-33(44)39-14-10-26(11-15-39)40-16-9-24-3-1-2-4-28(24)36-32(40)43/h1-6,21,25-26,30,35,41H,7-20,22H2,(H,36,43). The highest BCUT2D eigenvalue weighted by Gasteiger charge is 2.36. The number of benzene rings is 2. The Morgan fingerprint density at radius 3 is 2.38 bits per heavy atom. The number of amides is 4. The van der Waals surface area contributed by atoms with E-state index < -0.39 is 12.2 Å². The van der Waals surface area contributed by atoms with Crippen LogP contribution < -0.4 is 10.6 Å². The van der Waals surface area contributed by atoms with E-state index in [0.29, 0.717) is 57.2 Å². The molecule has 4 aliphatic heterocycles. The quantitative estimate of drug-likeness (QED) is 0.443. The summed E-state index contributed by atoms with van der Waals surface area (Å²) in [5, 5.41) is 16.5. The van der Waals surface area contributed by atoms with E-state index in [-0.39, 0.29) is 35.2 Å². The molecule has 0 bridgehead atoms. The van der Waals surface area contributed by atoms with E-state index in [1.165, 1.54) is 6.07 Å². The minimum Gasteiger partial charge on any atom is -0.506 e. The summed E-state index contributed by atoms with van der Waals surface area (Å²) in [7, 11) is 0. The van der Waals surface area contributed by atoms with Crippen LogP contribution in [0.25, 0.3) is 0 Å². The van der Waals surface area contributed by atoms with Crippen LogP contribution in [0.2, 0.25) is 5.02 Å². The van der Waals surface area contributed by atoms with Gasteiger partial charge >= 0.3 is 12.1 Å². The topological polar surface area (TPSA) is 118 Å². The molecule has 2 aromatic carbocycles. The molecule has 6 rings (SSSR count). The van der Waals surface area contributed by atoms with Gasteiger partial charge in [-0.05, 0) is 74.5 Å². The molecule has 0 spiro atoms. The Bertz CT molecular complexity index is 1370. The zero-order chi connectivity index (χ0) is 31.3. The van der Waals surface area contributed by atoms with Crippen LogP contribution in [0.4, 0.5) is 15.3 Å². The number of ether oxygens (including phenoxy) is 1. The second-order valence-electron chi connectivity index (χ2n) is 12.5. The first-order valence-electron chi connectivity index (χ1n) is 16.2. The van der Waals surface area contributed by atoms with Gasteiger partial charge in [-0.1, -0.05) is 35.9 Å². The summed E-state index contributed by atoms with van der Waals surface area (Å²) in [5.74, 6) is -0.257. The molecule has 3 fully saturated rings. The maximum atomic E-state index is 13.8. The number of nitrogens with one attached hydrogen (secondary N) is 2. The van der Waals surface area contributed by atoms with E-state index >= 15 is 0 Å². The van der Waals surface area contributed by atoms with Gasteiger partial charge in [0.1, 0.15) is 5.75 Å². The molecule has 4 heterocycles. The number of hydrogen-bond donors (Lipinski definition) is 3. The molecule has 0 aliphatic carbocycles. The van der Waals surface area contributed by atoms with Crippen LogP contribution >= 0.6 is 11.6 Å². The molecular formula is C33H43ClN6O5. The minimum absolute atomic E-state index is 0.0103. The molecule has 12 heteroatoms. The number of para-hydroxylation sites is 1. The number of piperazine rings is 1. The van der Waals surface area contributed by atoms with Crippen molar-refractivity contribution in [2.45, 2.75) is 56.7 Å². The van der Waals surface area contributed by atoms with Crippen LogP contribution in [0, 0.1) is 0 Å². The lowest BCUT2D eigenvalue weighted by molar-refractivity contribution is -0.143. The normalized spacial score (nSPS) is 21.1. The Kier molecular flexibility index (Phi) is 9.97. The van der Waals surface area contributed by atoms with Gasteiger partial charge in [-0.15, -0.1) is 0 Å². The molecule has 0 saturated carbocycles. The lowest BCUT2D eigenvalue weighted by Crippen LogP contribution is -2.56. The Morgan fingerprint density at radius 2 is 1.64 bits per heavy atom. The Hall–Kier alpha value is -3.54. The van der Waals surface area contributed by atoms with E-state index in [4.69, 9.17) is 16.3 Å². The maximum Gasteiger partial charge on any atom is 0.410 e. The van der Waals surface area contributed by atoms with Crippen molar-refractivity contribution in [3.63, 3.8) is 0 Å². The highest BCUT2D eigenvalue weighted by Crippen LogP contribution is 2.27. The lowest BCUT2D eigenvalue weighted by Gasteiger charge is -2.41. The first kappa shape index (κ1) is 31.4. The van der Waals surface area contributed by atoms with Crippen molar-refractivity contribution in [1.29, 1.82) is 0 Å². The summed E-state index contributed by atoms with van der Waals surface area (Å²) in [6, 6.07) is 13.1. The maximum absolute atomic E-state index is 13.8. The summed E-state index contributed by atoms with van der Waals surface area (Å²) in [6.07, 6.45) is 2.87. The van der Waals surface area contributed by atoms with Gasteiger partial charge < -0.3 is 35.2 Å². The predicted molar refractivity (Wildman–Crippen MR) is 172 cm³/mol. The Labute approximate surface area is 269 Å². The first-order valence-corrected chi connectivity index (χ1v) is 16.6. The van der Waals surface area contributed by atoms with E-state index in [2.05, 4.69) is 15.5 Å². The van der Waals surface area contributed by atoms with Gasteiger partial charge in [-0.3, -0.25) is 9.69 Å². The minimum atomic E-state index is -1.02. The number of anilines is 1. The van der Waals surface area contributed by atoms with Gasteiger partial charge in [0.2, 0.25) is 0 Å². The van der Waals surface area contributed by atoms with Crippen molar-refractivity contribution in [2.75, 3.05) is 64.2 Å². The van der Waals surface area contributed by atoms with E-state index in [1.54, 1.807) is 21.9 Å². The predicted octanol–water partition coefficient (Wildman–Crippen LogP) is 3.54. The Balaban J connectivity index is 1.07. The van der Waals surface area contributed by atoms with Crippen LogP contribution in [0.5, 0.6) is 5.75 Å². The average Bonchev–Trinajstić information content (AvgIpc) is 3.24. The zero-order valence-corrected chi connectivity index (χ0v) is 26.4. The van der Waals surface area contributed by atoms with Crippen molar-refractivity contribution in [2.24, 2.45) is 0 Å². The van der Waals surface area contributed by atoms with Gasteiger partial charge in [-0.25, -0.2) is 9.59 Å². The van der Waals surface area contributed by atoms with Crippen LogP contribution in [0.15, 0.2) is 42.5 Å². The van der Waals surface area contributed by atoms with Gasteiger partial charge in [-0.2, -0.15) is 0 Å². The molecule has 1 atom stereocenters. The van der Waals surface area contributed by atoms with E-state index in [1.807, 2.05) is 29.2 Å². The van der Waals surface area contributed by atoms with Crippen LogP contribution in [-0.4, -0.2) is 120 Å². The smallest absolute Gasteiger partial charge is 0.410 e. The number of phenolic OH excluding ortho intramolecular Hbond substituents is 1. The molecule has 2 aromatic rings. The molecular weight excluding hydrogens is 596 g/mol. The summed E-state index contributed by atoms with van der Waals surface area (Å²) >= 11 is 6.16. The number of aromatic hydroxyl groups is 1. The molecule has 3 saturated heterocycles. The summed E-state index contributed by atoms with van der Waals surface area (Å²) < 4.78 is 5.96. The summed E-state index contributed by atoms with van der Waals surface area (Å²) in [6.45, 7) is 6.29. The van der Waals surface area contributed by atoms with Crippen molar-refractivity contribution in [3.8, 4) is 5.75 Å². The van der Waals surface area contributed by atoms with Crippen molar-refractivity contribution in [1.82, 2.24) is 24.9 Å². The zero-order valence-electron chi connectivity index (χ0n) is 25.6. The molecule has 242 valence electrons. The third kappa shape index (κ3) is 7.48. The molecule has 3 N–H and O–H groups in total. The van der Waals surface area contributed by atoms with Crippen molar-refractivity contribution < 1.29 is 24.2 Å². The number of fused-ring (bicyclic) bond motifs is 1. The fourth-order valence-electron chi connectivity index (χ4n) is 7.05. The highest BCUT2D eigenvalue weighted by molar-refractivity contribution is 6.32. The van der Waals surface area contributed by atoms with Gasteiger partial charge in [0.15, 0.2) is 6.10 Å². The number of nitrogens with zero attached hydrogens (tertiary/aromatic N) is 4. The van der Waals surface area contributed by atoms with Crippen LogP contribution in [-0.2, 0) is 22.4 Å². The first-order chi connectivity index (χ1) is 21.9. The molecule has 45 heavy (non-hydrogen) atoms.